The van der Waals surface area contributed by atoms with Crippen molar-refractivity contribution in [2.45, 2.75) is 0 Å². The highest BCUT2D eigenvalue weighted by atomic mass is 16.5. The van der Waals surface area contributed by atoms with Gasteiger partial charge in [-0.25, -0.2) is 9.97 Å². The van der Waals surface area contributed by atoms with Crippen LogP contribution in [0.5, 0.6) is 23.1 Å². The van der Waals surface area contributed by atoms with Crippen molar-refractivity contribution in [1.29, 1.82) is 10.5 Å². The first kappa shape index (κ1) is 15.0. The molecule has 0 saturated heterocycles. The Bertz CT molecular complexity index is 827. The van der Waals surface area contributed by atoms with Crippen LogP contribution >= 0.6 is 0 Å². The van der Waals surface area contributed by atoms with Crippen LogP contribution in [0.1, 0.15) is 11.3 Å². The molecule has 1 aromatic heterocycles. The Labute approximate surface area is 138 Å². The summed E-state index contributed by atoms with van der Waals surface area (Å²) >= 11 is 0. The Morgan fingerprint density at radius 1 is 0.667 bits per heavy atom. The summed E-state index contributed by atoms with van der Waals surface area (Å²) in [7, 11) is 0. The molecule has 114 valence electrons. The molecule has 0 bridgehead atoms. The Morgan fingerprint density at radius 3 is 1.75 bits per heavy atom. The summed E-state index contributed by atoms with van der Waals surface area (Å²) in [4.78, 5) is 7.87. The van der Waals surface area contributed by atoms with E-state index in [1.165, 1.54) is 12.4 Å². The van der Waals surface area contributed by atoms with Gasteiger partial charge >= 0.3 is 0 Å². The summed E-state index contributed by atoms with van der Waals surface area (Å²) in [5, 5.41) is 17.4. The summed E-state index contributed by atoms with van der Waals surface area (Å²) in [5.41, 5.74) is 0.808. The van der Waals surface area contributed by atoms with Crippen LogP contribution in [-0.4, -0.2) is 9.97 Å². The van der Waals surface area contributed by atoms with E-state index in [4.69, 9.17) is 20.0 Å². The summed E-state index contributed by atoms with van der Waals surface area (Å²) in [6.07, 6.45) is 2.73. The highest BCUT2D eigenvalue weighted by Crippen LogP contribution is 2.26. The lowest BCUT2D eigenvalue weighted by atomic mass is 10.2. The van der Waals surface area contributed by atoms with E-state index in [9.17, 15) is 0 Å². The first-order chi connectivity index (χ1) is 11.8. The number of benzene rings is 2. The van der Waals surface area contributed by atoms with Crippen molar-refractivity contribution >= 4 is 0 Å². The standard InChI is InChI=1S/C18H10N4O2/c19-9-13-1-3-15(4-2-13)23-16-5-7-17(8-6-16)24-18-12-21-14(10-20)11-22-18/h1-8,11-12H. The van der Waals surface area contributed by atoms with E-state index in [1.54, 1.807) is 48.5 Å². The van der Waals surface area contributed by atoms with Crippen LogP contribution in [0, 0.1) is 22.7 Å². The van der Waals surface area contributed by atoms with Crippen molar-refractivity contribution in [2.75, 3.05) is 0 Å². The molecule has 0 aliphatic rings. The molecule has 3 rings (SSSR count). The molecule has 0 N–H and O–H groups in total. The summed E-state index contributed by atoms with van der Waals surface area (Å²) in [5.74, 6) is 2.15. The fraction of sp³-hybridized carbons (Fsp3) is 0. The van der Waals surface area contributed by atoms with E-state index in [1.807, 2.05) is 6.07 Å². The van der Waals surface area contributed by atoms with E-state index in [0.717, 1.165) is 0 Å². The highest BCUT2D eigenvalue weighted by Gasteiger charge is 2.02. The molecule has 0 atom stereocenters. The summed E-state index contributed by atoms with van der Waals surface area (Å²) < 4.78 is 11.2. The third-order valence-corrected chi connectivity index (χ3v) is 3.01. The van der Waals surface area contributed by atoms with Crippen LogP contribution in [0.2, 0.25) is 0 Å². The molecule has 0 saturated carbocycles. The van der Waals surface area contributed by atoms with Crippen LogP contribution in [0.15, 0.2) is 60.9 Å². The van der Waals surface area contributed by atoms with Gasteiger partial charge in [0.1, 0.15) is 23.3 Å². The molecule has 2 aromatic carbocycles. The molecule has 0 radical (unpaired) electrons. The van der Waals surface area contributed by atoms with Crippen molar-refractivity contribution in [3.05, 3.63) is 72.2 Å². The quantitative estimate of drug-likeness (QED) is 0.727. The van der Waals surface area contributed by atoms with Gasteiger partial charge in [-0.2, -0.15) is 10.5 Å². The maximum absolute atomic E-state index is 8.77. The normalized spacial score (nSPS) is 9.58. The average molecular weight is 314 g/mol. The zero-order valence-corrected chi connectivity index (χ0v) is 12.4. The Balaban J connectivity index is 1.66. The summed E-state index contributed by atoms with van der Waals surface area (Å²) in [6.45, 7) is 0. The van der Waals surface area contributed by atoms with Gasteiger partial charge < -0.3 is 9.47 Å². The minimum Gasteiger partial charge on any atom is -0.457 e. The van der Waals surface area contributed by atoms with Crippen molar-refractivity contribution in [2.24, 2.45) is 0 Å². The van der Waals surface area contributed by atoms with Crippen LogP contribution in [0.4, 0.5) is 0 Å². The van der Waals surface area contributed by atoms with Gasteiger partial charge in [-0.1, -0.05) is 0 Å². The maximum atomic E-state index is 8.77. The number of hydrogen-bond acceptors (Lipinski definition) is 6. The third kappa shape index (κ3) is 3.65. The Morgan fingerprint density at radius 2 is 1.25 bits per heavy atom. The van der Waals surface area contributed by atoms with Gasteiger partial charge in [-0.05, 0) is 48.5 Å². The van der Waals surface area contributed by atoms with Gasteiger partial charge in [0.2, 0.25) is 5.88 Å². The molecule has 1 heterocycles. The topological polar surface area (TPSA) is 91.8 Å². The van der Waals surface area contributed by atoms with E-state index in [2.05, 4.69) is 16.0 Å². The molecule has 24 heavy (non-hydrogen) atoms. The lowest BCUT2D eigenvalue weighted by Gasteiger charge is -2.07. The molecular formula is C18H10N4O2. The molecular weight excluding hydrogens is 304 g/mol. The Kier molecular flexibility index (Phi) is 4.32. The predicted octanol–water partition coefficient (Wildman–Crippen LogP) is 3.80. The minimum absolute atomic E-state index is 0.230. The fourth-order valence-electron chi connectivity index (χ4n) is 1.86. The van der Waals surface area contributed by atoms with Crippen molar-refractivity contribution in [3.8, 4) is 35.3 Å². The first-order valence-corrected chi connectivity index (χ1v) is 6.95. The number of nitriles is 2. The van der Waals surface area contributed by atoms with Crippen LogP contribution in [-0.2, 0) is 0 Å². The minimum atomic E-state index is 0.230. The number of hydrogen-bond donors (Lipinski definition) is 0. The number of ether oxygens (including phenoxy) is 2. The molecule has 3 aromatic rings. The molecule has 0 unspecified atom stereocenters. The SMILES string of the molecule is N#Cc1ccc(Oc2ccc(Oc3cnc(C#N)cn3)cc2)cc1. The smallest absolute Gasteiger partial charge is 0.237 e. The number of nitrogens with zero attached hydrogens (tertiary/aromatic N) is 4. The second kappa shape index (κ2) is 6.91. The van der Waals surface area contributed by atoms with Crippen LogP contribution in [0.3, 0.4) is 0 Å². The second-order valence-electron chi connectivity index (χ2n) is 4.66. The van der Waals surface area contributed by atoms with Gasteiger partial charge in [0.25, 0.3) is 0 Å². The second-order valence-corrected chi connectivity index (χ2v) is 4.66. The number of rotatable bonds is 4. The monoisotopic (exact) mass is 314 g/mol. The average Bonchev–Trinajstić information content (AvgIpc) is 2.65. The molecule has 0 fully saturated rings. The molecule has 6 nitrogen and oxygen atoms in total. The zero-order valence-electron chi connectivity index (χ0n) is 12.4. The van der Waals surface area contributed by atoms with Crippen molar-refractivity contribution in [1.82, 2.24) is 9.97 Å². The van der Waals surface area contributed by atoms with Gasteiger partial charge in [0, 0.05) is 0 Å². The first-order valence-electron chi connectivity index (χ1n) is 6.95. The Hall–Kier alpha value is -3.90. The lowest BCUT2D eigenvalue weighted by Crippen LogP contribution is -1.91. The zero-order chi connectivity index (χ0) is 16.8. The molecule has 0 aliphatic heterocycles. The highest BCUT2D eigenvalue weighted by molar-refractivity contribution is 5.39. The van der Waals surface area contributed by atoms with Crippen LogP contribution < -0.4 is 9.47 Å². The number of aromatic nitrogens is 2. The lowest BCUT2D eigenvalue weighted by molar-refractivity contribution is 0.454. The largest absolute Gasteiger partial charge is 0.457 e. The fourth-order valence-corrected chi connectivity index (χ4v) is 1.86. The van der Waals surface area contributed by atoms with Gasteiger partial charge in [0.05, 0.1) is 24.0 Å². The van der Waals surface area contributed by atoms with Crippen molar-refractivity contribution < 1.29 is 9.47 Å². The van der Waals surface area contributed by atoms with Gasteiger partial charge in [0.15, 0.2) is 5.69 Å². The maximum Gasteiger partial charge on any atom is 0.237 e. The predicted molar refractivity (Wildman–Crippen MR) is 84.5 cm³/mol. The molecule has 0 amide bonds. The van der Waals surface area contributed by atoms with Crippen molar-refractivity contribution in [3.63, 3.8) is 0 Å². The van der Waals surface area contributed by atoms with Gasteiger partial charge in [-0.15, -0.1) is 0 Å². The van der Waals surface area contributed by atoms with E-state index in [0.29, 0.717) is 28.7 Å². The summed E-state index contributed by atoms with van der Waals surface area (Å²) in [6, 6.07) is 17.8. The van der Waals surface area contributed by atoms with Crippen LogP contribution in [0.25, 0.3) is 0 Å². The van der Waals surface area contributed by atoms with E-state index < -0.39 is 0 Å². The third-order valence-electron chi connectivity index (χ3n) is 3.01. The molecule has 6 heteroatoms. The van der Waals surface area contributed by atoms with E-state index in [-0.39, 0.29) is 5.69 Å². The molecule has 0 aliphatic carbocycles. The molecule has 0 spiro atoms. The van der Waals surface area contributed by atoms with E-state index >= 15 is 0 Å². The van der Waals surface area contributed by atoms with Gasteiger partial charge in [-0.3, -0.25) is 0 Å².